The molecule has 0 amide bonds. The second-order valence-electron chi connectivity index (χ2n) is 6.44. The fraction of sp³-hybridized carbons (Fsp3) is 0.381. The predicted octanol–water partition coefficient (Wildman–Crippen LogP) is 3.81. The van der Waals surface area contributed by atoms with Gasteiger partial charge in [-0.1, -0.05) is 18.2 Å². The molecule has 1 N–H and O–H groups in total. The summed E-state index contributed by atoms with van der Waals surface area (Å²) < 4.78 is 10.8. The summed E-state index contributed by atoms with van der Waals surface area (Å²) in [5.74, 6) is -0.172. The molecule has 0 fully saturated rings. The van der Waals surface area contributed by atoms with E-state index in [9.17, 15) is 14.4 Å². The minimum atomic E-state index is -0.927. The summed E-state index contributed by atoms with van der Waals surface area (Å²) >= 11 is 0. The Bertz CT molecular complexity index is 823. The molecule has 0 radical (unpaired) electrons. The van der Waals surface area contributed by atoms with Crippen LogP contribution in [0.1, 0.15) is 58.8 Å². The lowest BCUT2D eigenvalue weighted by Gasteiger charge is -2.12. The highest BCUT2D eigenvalue weighted by molar-refractivity contribution is 6.05. The van der Waals surface area contributed by atoms with Crippen LogP contribution >= 0.6 is 0 Å². The van der Waals surface area contributed by atoms with E-state index in [1.165, 1.54) is 13.8 Å². The number of ketones is 2. The Hall–Kier alpha value is -2.89. The Morgan fingerprint density at radius 3 is 2.37 bits per heavy atom. The van der Waals surface area contributed by atoms with Gasteiger partial charge in [-0.3, -0.25) is 14.4 Å². The minimum Gasteiger partial charge on any atom is -0.494 e. The zero-order valence-corrected chi connectivity index (χ0v) is 16.1. The molecular formula is C21H25NO5. The summed E-state index contributed by atoms with van der Waals surface area (Å²) in [5.41, 5.74) is 2.05. The molecule has 2 aromatic rings. The van der Waals surface area contributed by atoms with E-state index in [0.717, 1.165) is 5.75 Å². The monoisotopic (exact) mass is 371 g/mol. The molecule has 27 heavy (non-hydrogen) atoms. The fourth-order valence-electron chi connectivity index (χ4n) is 2.96. The molecule has 1 atom stereocenters. The van der Waals surface area contributed by atoms with E-state index < -0.39 is 12.1 Å². The third-order valence-electron chi connectivity index (χ3n) is 4.25. The Balaban J connectivity index is 1.84. The van der Waals surface area contributed by atoms with Gasteiger partial charge >= 0.3 is 5.97 Å². The van der Waals surface area contributed by atoms with Gasteiger partial charge in [-0.25, -0.2) is 0 Å². The van der Waals surface area contributed by atoms with Crippen molar-refractivity contribution in [1.29, 1.82) is 0 Å². The first kappa shape index (κ1) is 20.4. The Morgan fingerprint density at radius 2 is 1.78 bits per heavy atom. The Labute approximate surface area is 158 Å². The molecular weight excluding hydrogens is 346 g/mol. The molecule has 1 aromatic carbocycles. The van der Waals surface area contributed by atoms with Gasteiger partial charge in [0.1, 0.15) is 5.75 Å². The Morgan fingerprint density at radius 1 is 1.11 bits per heavy atom. The van der Waals surface area contributed by atoms with E-state index in [2.05, 4.69) is 4.98 Å². The Kier molecular flexibility index (Phi) is 6.93. The normalized spacial score (nSPS) is 11.7. The third kappa shape index (κ3) is 5.29. The highest BCUT2D eigenvalue weighted by Gasteiger charge is 2.25. The van der Waals surface area contributed by atoms with Crippen LogP contribution in [0.2, 0.25) is 0 Å². The summed E-state index contributed by atoms with van der Waals surface area (Å²) in [6.07, 6.45) is -0.278. The molecule has 0 bridgehead atoms. The van der Waals surface area contributed by atoms with E-state index in [4.69, 9.17) is 9.47 Å². The van der Waals surface area contributed by atoms with E-state index in [1.54, 1.807) is 13.8 Å². The number of aromatic nitrogens is 1. The SMILES string of the molecule is CC(=O)c1c(C)[nH]c(C(=O)C(C)OC(=O)CCCOc2ccccc2)c1C. The number of hydrogen-bond acceptors (Lipinski definition) is 5. The molecule has 6 heteroatoms. The molecule has 0 aliphatic rings. The first-order valence-electron chi connectivity index (χ1n) is 8.93. The largest absolute Gasteiger partial charge is 0.494 e. The lowest BCUT2D eigenvalue weighted by atomic mass is 10.0. The molecule has 0 spiro atoms. The number of carbonyl (C=O) groups is 3. The highest BCUT2D eigenvalue weighted by Crippen LogP contribution is 2.20. The summed E-state index contributed by atoms with van der Waals surface area (Å²) in [4.78, 5) is 39.2. The van der Waals surface area contributed by atoms with Crippen LogP contribution in [0.4, 0.5) is 0 Å². The number of hydrogen-bond donors (Lipinski definition) is 1. The zero-order chi connectivity index (χ0) is 20.0. The van der Waals surface area contributed by atoms with Gasteiger partial charge in [-0.2, -0.15) is 0 Å². The van der Waals surface area contributed by atoms with Crippen molar-refractivity contribution in [3.63, 3.8) is 0 Å². The predicted molar refractivity (Wildman–Crippen MR) is 101 cm³/mol. The maximum atomic E-state index is 12.6. The number of rotatable bonds is 9. The average molecular weight is 371 g/mol. The molecule has 144 valence electrons. The summed E-state index contributed by atoms with van der Waals surface area (Å²) in [5, 5.41) is 0. The quantitative estimate of drug-likeness (QED) is 0.412. The number of aromatic amines is 1. The van der Waals surface area contributed by atoms with Crippen molar-refractivity contribution in [2.45, 2.75) is 46.6 Å². The van der Waals surface area contributed by atoms with Crippen LogP contribution < -0.4 is 4.74 Å². The van der Waals surface area contributed by atoms with Crippen LogP contribution in [-0.2, 0) is 9.53 Å². The number of benzene rings is 1. The standard InChI is InChI=1S/C21H25NO5/c1-13-19(15(3)23)14(2)22-20(13)21(25)16(4)27-18(24)11-8-12-26-17-9-6-5-7-10-17/h5-7,9-10,16,22H,8,11-12H2,1-4H3. The maximum absolute atomic E-state index is 12.6. The van der Waals surface area contributed by atoms with Crippen LogP contribution in [0.3, 0.4) is 0 Å². The van der Waals surface area contributed by atoms with Crippen molar-refractivity contribution < 1.29 is 23.9 Å². The number of para-hydroxylation sites is 1. The number of aryl methyl sites for hydroxylation is 1. The van der Waals surface area contributed by atoms with Crippen LogP contribution in [0.15, 0.2) is 30.3 Å². The zero-order valence-electron chi connectivity index (χ0n) is 16.1. The topological polar surface area (TPSA) is 85.5 Å². The lowest BCUT2D eigenvalue weighted by molar-refractivity contribution is -0.146. The molecule has 1 aromatic heterocycles. The van der Waals surface area contributed by atoms with E-state index >= 15 is 0 Å². The van der Waals surface area contributed by atoms with Crippen molar-refractivity contribution in [2.24, 2.45) is 0 Å². The van der Waals surface area contributed by atoms with Crippen molar-refractivity contribution in [1.82, 2.24) is 4.98 Å². The number of ether oxygens (including phenoxy) is 2. The number of carbonyl (C=O) groups excluding carboxylic acids is 3. The van der Waals surface area contributed by atoms with Gasteiger partial charge in [0, 0.05) is 17.7 Å². The number of nitrogens with one attached hydrogen (secondary N) is 1. The minimum absolute atomic E-state index is 0.108. The van der Waals surface area contributed by atoms with E-state index in [-0.39, 0.29) is 18.0 Å². The average Bonchev–Trinajstić information content (AvgIpc) is 2.93. The van der Waals surface area contributed by atoms with Crippen LogP contribution in [0.5, 0.6) is 5.75 Å². The number of H-pyrrole nitrogens is 1. The smallest absolute Gasteiger partial charge is 0.306 e. The highest BCUT2D eigenvalue weighted by atomic mass is 16.5. The van der Waals surface area contributed by atoms with Crippen molar-refractivity contribution in [3.05, 3.63) is 52.8 Å². The van der Waals surface area contributed by atoms with Crippen LogP contribution in [0.25, 0.3) is 0 Å². The molecule has 1 unspecified atom stereocenters. The van der Waals surface area contributed by atoms with Crippen LogP contribution in [0, 0.1) is 13.8 Å². The number of Topliss-reactive ketones (excluding diaryl/α,β-unsaturated/α-hetero) is 2. The first-order chi connectivity index (χ1) is 12.8. The molecule has 0 aliphatic carbocycles. The molecule has 0 saturated heterocycles. The van der Waals surface area contributed by atoms with Crippen molar-refractivity contribution in [2.75, 3.05) is 6.61 Å². The van der Waals surface area contributed by atoms with Gasteiger partial charge in [0.15, 0.2) is 11.9 Å². The molecule has 0 aliphatic heterocycles. The van der Waals surface area contributed by atoms with Gasteiger partial charge in [-0.05, 0) is 51.8 Å². The van der Waals surface area contributed by atoms with E-state index in [1.807, 2.05) is 30.3 Å². The molecule has 1 heterocycles. The van der Waals surface area contributed by atoms with Gasteiger partial charge in [0.2, 0.25) is 5.78 Å². The van der Waals surface area contributed by atoms with Crippen molar-refractivity contribution >= 4 is 17.5 Å². The summed E-state index contributed by atoms with van der Waals surface area (Å²) in [7, 11) is 0. The van der Waals surface area contributed by atoms with E-state index in [0.29, 0.717) is 35.5 Å². The second kappa shape index (κ2) is 9.16. The third-order valence-corrected chi connectivity index (χ3v) is 4.25. The maximum Gasteiger partial charge on any atom is 0.306 e. The van der Waals surface area contributed by atoms with Crippen molar-refractivity contribution in [3.8, 4) is 5.75 Å². The number of esters is 1. The lowest BCUT2D eigenvalue weighted by Crippen LogP contribution is -2.25. The van der Waals surface area contributed by atoms with Gasteiger partial charge in [0.25, 0.3) is 0 Å². The molecule has 6 nitrogen and oxygen atoms in total. The second-order valence-corrected chi connectivity index (χ2v) is 6.44. The fourth-order valence-corrected chi connectivity index (χ4v) is 2.96. The molecule has 0 saturated carbocycles. The summed E-state index contributed by atoms with van der Waals surface area (Å²) in [6.45, 7) is 6.83. The molecule has 2 rings (SSSR count). The van der Waals surface area contributed by atoms with Gasteiger partial charge < -0.3 is 14.5 Å². The van der Waals surface area contributed by atoms with Crippen LogP contribution in [-0.4, -0.2) is 35.2 Å². The van der Waals surface area contributed by atoms with Gasteiger partial charge in [0.05, 0.1) is 12.3 Å². The summed E-state index contributed by atoms with van der Waals surface area (Å²) in [6, 6.07) is 9.33. The first-order valence-corrected chi connectivity index (χ1v) is 8.93. The van der Waals surface area contributed by atoms with Gasteiger partial charge in [-0.15, -0.1) is 0 Å².